The number of alkyl halides is 3. The highest BCUT2D eigenvalue weighted by Crippen LogP contribution is 2.55. The van der Waals surface area contributed by atoms with Crippen molar-refractivity contribution in [3.05, 3.63) is 45.2 Å². The maximum Gasteiger partial charge on any atom is 0.417 e. The quantitative estimate of drug-likeness (QED) is 0.277. The zero-order valence-electron chi connectivity index (χ0n) is 22.5. The molecular weight excluding hydrogens is 549 g/mol. The maximum absolute atomic E-state index is 14.7. The van der Waals surface area contributed by atoms with Crippen molar-refractivity contribution in [1.29, 1.82) is 0 Å². The Hall–Kier alpha value is -3.46. The summed E-state index contributed by atoms with van der Waals surface area (Å²) in [6.45, 7) is 1.20. The van der Waals surface area contributed by atoms with E-state index in [1.54, 1.807) is 11.9 Å². The van der Waals surface area contributed by atoms with Crippen LogP contribution in [-0.4, -0.2) is 100 Å². The molecule has 11 nitrogen and oxygen atoms in total. The first-order chi connectivity index (χ1) is 19.0. The number of hydrogen-bond acceptors (Lipinski definition) is 10. The van der Waals surface area contributed by atoms with Gasteiger partial charge in [-0.3, -0.25) is 24.2 Å². The van der Waals surface area contributed by atoms with Crippen LogP contribution in [0.2, 0.25) is 0 Å². The molecule has 1 amide bonds. The minimum absolute atomic E-state index is 0.183. The van der Waals surface area contributed by atoms with Crippen molar-refractivity contribution in [2.24, 2.45) is 17.6 Å². The number of nitrogens with two attached hydrogens (primary N) is 1. The SMILES string of the molecule is CN1CCNCC1c1cc(O)c2c(c1C(F)(F)F)C[C@H]1C[C@H]3[C@H](N(C)C)C(=O)C(C(N)=O)=C(O)[C@@]3(O)C(=O)C1=C2O. The summed E-state index contributed by atoms with van der Waals surface area (Å²) in [5, 5.41) is 47.8. The number of aromatic hydroxyl groups is 1. The number of primary amides is 1. The van der Waals surface area contributed by atoms with Crippen LogP contribution in [0.4, 0.5) is 13.2 Å². The molecule has 4 aliphatic rings. The van der Waals surface area contributed by atoms with E-state index in [1.165, 1.54) is 19.0 Å². The van der Waals surface area contributed by atoms with E-state index in [0.717, 1.165) is 6.07 Å². The number of ketones is 2. The van der Waals surface area contributed by atoms with Gasteiger partial charge in [-0.15, -0.1) is 0 Å². The molecule has 5 atom stereocenters. The number of hydrogen-bond donors (Lipinski definition) is 6. The van der Waals surface area contributed by atoms with Gasteiger partial charge in [0.15, 0.2) is 11.4 Å². The van der Waals surface area contributed by atoms with Gasteiger partial charge in [-0.1, -0.05) is 0 Å². The average Bonchev–Trinajstić information content (AvgIpc) is 2.85. The summed E-state index contributed by atoms with van der Waals surface area (Å²) in [6, 6.07) is -1.15. The number of Topliss-reactive ketones (excluding diaryl/α,β-unsaturated/α-hetero) is 2. The van der Waals surface area contributed by atoms with E-state index in [0.29, 0.717) is 13.1 Å². The van der Waals surface area contributed by atoms with Gasteiger partial charge in [0, 0.05) is 37.2 Å². The second-order valence-corrected chi connectivity index (χ2v) is 11.4. The van der Waals surface area contributed by atoms with Crippen LogP contribution in [0.1, 0.15) is 34.7 Å². The Kier molecular flexibility index (Phi) is 6.76. The van der Waals surface area contributed by atoms with E-state index in [1.807, 2.05) is 0 Å². The third kappa shape index (κ3) is 4.07. The first kappa shape index (κ1) is 29.0. The number of carbonyl (C=O) groups excluding carboxylic acids is 3. The lowest BCUT2D eigenvalue weighted by Crippen LogP contribution is -2.65. The van der Waals surface area contributed by atoms with E-state index < -0.39 is 105 Å². The van der Waals surface area contributed by atoms with E-state index in [4.69, 9.17) is 5.73 Å². The van der Waals surface area contributed by atoms with Crippen LogP contribution < -0.4 is 11.1 Å². The predicted molar refractivity (Wildman–Crippen MR) is 137 cm³/mol. The Labute approximate surface area is 232 Å². The molecule has 1 saturated heterocycles. The number of piperazine rings is 1. The fourth-order valence-corrected chi connectivity index (χ4v) is 7.10. The largest absolute Gasteiger partial charge is 0.508 e. The lowest BCUT2D eigenvalue weighted by molar-refractivity contribution is -0.153. The van der Waals surface area contributed by atoms with Gasteiger partial charge in [0.2, 0.25) is 5.78 Å². The second kappa shape index (κ2) is 9.54. The van der Waals surface area contributed by atoms with Gasteiger partial charge in [0.25, 0.3) is 5.91 Å². The number of phenols is 1. The molecule has 1 aromatic carbocycles. The second-order valence-electron chi connectivity index (χ2n) is 11.4. The number of amides is 1. The molecule has 41 heavy (non-hydrogen) atoms. The van der Waals surface area contributed by atoms with Crippen molar-refractivity contribution in [2.75, 3.05) is 40.8 Å². The number of halogens is 3. The van der Waals surface area contributed by atoms with E-state index in [-0.39, 0.29) is 18.5 Å². The molecule has 0 aromatic heterocycles. The van der Waals surface area contributed by atoms with Crippen LogP contribution in [0.25, 0.3) is 5.76 Å². The summed E-state index contributed by atoms with van der Waals surface area (Å²) >= 11 is 0. The number of aliphatic hydroxyl groups is 3. The number of carbonyl (C=O) groups is 3. The summed E-state index contributed by atoms with van der Waals surface area (Å²) in [5.74, 6) is -9.03. The maximum atomic E-state index is 14.7. The zero-order chi connectivity index (χ0) is 30.3. The zero-order valence-corrected chi connectivity index (χ0v) is 22.5. The Bertz CT molecular complexity index is 1440. The summed E-state index contributed by atoms with van der Waals surface area (Å²) in [7, 11) is 4.54. The Morgan fingerprint density at radius 1 is 1.22 bits per heavy atom. The molecule has 1 aliphatic heterocycles. The van der Waals surface area contributed by atoms with Crippen LogP contribution in [0.5, 0.6) is 5.75 Å². The predicted octanol–water partition coefficient (Wildman–Crippen LogP) is 0.559. The lowest BCUT2D eigenvalue weighted by Gasteiger charge is -2.50. The summed E-state index contributed by atoms with van der Waals surface area (Å²) in [4.78, 5) is 42.2. The summed E-state index contributed by atoms with van der Waals surface area (Å²) in [5.41, 5.74) is -1.28. The van der Waals surface area contributed by atoms with Gasteiger partial charge >= 0.3 is 6.18 Å². The molecule has 222 valence electrons. The van der Waals surface area contributed by atoms with Crippen molar-refractivity contribution >= 4 is 23.2 Å². The molecule has 0 bridgehead atoms. The highest BCUT2D eigenvalue weighted by Gasteiger charge is 2.64. The Balaban J connectivity index is 1.76. The van der Waals surface area contributed by atoms with Crippen LogP contribution in [0.15, 0.2) is 23.0 Å². The lowest BCUT2D eigenvalue weighted by atomic mass is 9.57. The molecular formula is C27H31F3N4O7. The Morgan fingerprint density at radius 3 is 2.44 bits per heavy atom. The highest BCUT2D eigenvalue weighted by molar-refractivity contribution is 6.24. The van der Waals surface area contributed by atoms with Crippen molar-refractivity contribution in [3.8, 4) is 5.75 Å². The monoisotopic (exact) mass is 580 g/mol. The van der Waals surface area contributed by atoms with Crippen molar-refractivity contribution in [2.45, 2.75) is 36.7 Å². The van der Waals surface area contributed by atoms with Gasteiger partial charge in [-0.2, -0.15) is 13.2 Å². The molecule has 3 aliphatic carbocycles. The molecule has 7 N–H and O–H groups in total. The number of nitrogens with one attached hydrogen (secondary N) is 1. The summed E-state index contributed by atoms with van der Waals surface area (Å²) in [6.07, 6.45) is -5.65. The van der Waals surface area contributed by atoms with Gasteiger partial charge in [0.05, 0.1) is 17.2 Å². The molecule has 14 heteroatoms. The number of phenolic OH excluding ortho intramolecular Hbond substituents is 1. The first-order valence-corrected chi connectivity index (χ1v) is 13.0. The van der Waals surface area contributed by atoms with E-state index >= 15 is 0 Å². The van der Waals surface area contributed by atoms with Crippen LogP contribution >= 0.6 is 0 Å². The normalized spacial score (nSPS) is 30.8. The number of aliphatic hydroxyl groups excluding tert-OH is 2. The van der Waals surface area contributed by atoms with E-state index in [9.17, 15) is 48.0 Å². The molecule has 0 radical (unpaired) electrons. The Morgan fingerprint density at radius 2 is 1.88 bits per heavy atom. The van der Waals surface area contributed by atoms with E-state index in [2.05, 4.69) is 5.32 Å². The van der Waals surface area contributed by atoms with Crippen LogP contribution in [-0.2, 0) is 27.0 Å². The molecule has 1 aromatic rings. The third-order valence-corrected chi connectivity index (χ3v) is 8.91. The first-order valence-electron chi connectivity index (χ1n) is 13.0. The highest BCUT2D eigenvalue weighted by atomic mass is 19.4. The molecule has 1 heterocycles. The molecule has 1 saturated carbocycles. The number of nitrogens with zero attached hydrogens (tertiary/aromatic N) is 2. The number of rotatable bonds is 3. The van der Waals surface area contributed by atoms with Crippen LogP contribution in [0, 0.1) is 11.8 Å². The number of benzene rings is 1. The van der Waals surface area contributed by atoms with Crippen LogP contribution in [0.3, 0.4) is 0 Å². The minimum atomic E-state index is -4.90. The van der Waals surface area contributed by atoms with Gasteiger partial charge in [-0.25, -0.2) is 0 Å². The third-order valence-electron chi connectivity index (χ3n) is 8.91. The standard InChI is InChI=1S/C27H31F3N4O7/c1-33(2)20-13-7-10-6-12-17(15(35)8-11(19(12)27(28,29)30)14-9-32-4-5-34(14)3)21(36)16(10)23(38)26(13,41)24(39)18(22(20)37)25(31)40/h8,10,13-14,20,32,35-36,39,41H,4-7,9H2,1-3H3,(H2,31,40)/t10-,13-,14?,20-,26-/m0/s1. The van der Waals surface area contributed by atoms with Crippen molar-refractivity contribution in [3.63, 3.8) is 0 Å². The molecule has 5 rings (SSSR count). The minimum Gasteiger partial charge on any atom is -0.508 e. The fraction of sp³-hybridized carbons (Fsp3) is 0.519. The molecule has 1 unspecified atom stereocenters. The smallest absolute Gasteiger partial charge is 0.417 e. The average molecular weight is 581 g/mol. The fourth-order valence-electron chi connectivity index (χ4n) is 7.10. The topological polar surface area (TPSA) is 177 Å². The van der Waals surface area contributed by atoms with Crippen molar-refractivity contribution in [1.82, 2.24) is 15.1 Å². The number of likely N-dealkylation sites (N-methyl/N-ethyl adjacent to an activating group) is 2. The molecule has 2 fully saturated rings. The number of fused-ring (bicyclic) bond motifs is 3. The molecule has 0 spiro atoms. The van der Waals surface area contributed by atoms with Gasteiger partial charge in [0.1, 0.15) is 22.8 Å². The van der Waals surface area contributed by atoms with Crippen molar-refractivity contribution < 1.29 is 48.0 Å². The summed E-state index contributed by atoms with van der Waals surface area (Å²) < 4.78 is 44.2. The van der Waals surface area contributed by atoms with Gasteiger partial charge < -0.3 is 31.5 Å². The van der Waals surface area contributed by atoms with Gasteiger partial charge in [-0.05, 0) is 57.1 Å².